The van der Waals surface area contributed by atoms with Crippen LogP contribution < -0.4 is 10.5 Å². The number of non-ortho nitro benzene ring substituents is 1. The molecular formula is C28H30N6O5S2. The van der Waals surface area contributed by atoms with Crippen LogP contribution in [0.5, 0.6) is 0 Å². The van der Waals surface area contributed by atoms with Crippen LogP contribution in [-0.4, -0.2) is 70.7 Å². The molecule has 0 saturated carbocycles. The normalized spacial score (nSPS) is 18.0. The van der Waals surface area contributed by atoms with Gasteiger partial charge in [0.25, 0.3) is 11.2 Å². The number of fused-ring (bicyclic) bond motifs is 3. The predicted molar refractivity (Wildman–Crippen MR) is 158 cm³/mol. The van der Waals surface area contributed by atoms with Gasteiger partial charge in [-0.1, -0.05) is 12.1 Å². The zero-order valence-electron chi connectivity index (χ0n) is 22.6. The Morgan fingerprint density at radius 1 is 1.10 bits per heavy atom. The van der Waals surface area contributed by atoms with Gasteiger partial charge in [0.2, 0.25) is 0 Å². The molecule has 1 aliphatic carbocycles. The van der Waals surface area contributed by atoms with E-state index in [1.54, 1.807) is 10.9 Å². The number of benzene rings is 1. The lowest BCUT2D eigenvalue weighted by molar-refractivity contribution is -0.385. The molecule has 4 heterocycles. The van der Waals surface area contributed by atoms with Gasteiger partial charge in [-0.3, -0.25) is 24.4 Å². The molecule has 214 valence electrons. The van der Waals surface area contributed by atoms with Crippen molar-refractivity contribution in [2.45, 2.75) is 42.9 Å². The highest BCUT2D eigenvalue weighted by Crippen LogP contribution is 2.37. The van der Waals surface area contributed by atoms with E-state index >= 15 is 0 Å². The van der Waals surface area contributed by atoms with Crippen molar-refractivity contribution in [2.24, 2.45) is 0 Å². The molecule has 0 N–H and O–H groups in total. The van der Waals surface area contributed by atoms with Gasteiger partial charge in [-0.05, 0) is 49.9 Å². The molecule has 2 aliphatic rings. The number of aromatic nitrogens is 3. The Kier molecular flexibility index (Phi) is 7.34. The van der Waals surface area contributed by atoms with E-state index in [-0.39, 0.29) is 22.6 Å². The molecule has 0 spiro atoms. The molecule has 4 aromatic rings. The van der Waals surface area contributed by atoms with Gasteiger partial charge in [0.1, 0.15) is 10.6 Å². The number of rotatable bonds is 7. The van der Waals surface area contributed by atoms with Crippen LogP contribution in [-0.2, 0) is 29.2 Å². The summed E-state index contributed by atoms with van der Waals surface area (Å²) in [7, 11) is -3.78. The molecular weight excluding hydrogens is 564 g/mol. The highest BCUT2D eigenvalue weighted by Gasteiger charge is 2.34. The molecule has 11 nitrogen and oxygen atoms in total. The Labute approximate surface area is 241 Å². The number of hydrogen-bond donors (Lipinski definition) is 0. The van der Waals surface area contributed by atoms with E-state index in [0.29, 0.717) is 29.6 Å². The fourth-order valence-corrected chi connectivity index (χ4v) is 8.83. The number of anilines is 1. The van der Waals surface area contributed by atoms with Crippen LogP contribution >= 0.6 is 11.3 Å². The van der Waals surface area contributed by atoms with Crippen LogP contribution in [0.1, 0.15) is 22.6 Å². The Hall–Kier alpha value is -3.68. The average molecular weight is 595 g/mol. The lowest BCUT2D eigenvalue weighted by Gasteiger charge is -2.35. The van der Waals surface area contributed by atoms with Crippen molar-refractivity contribution >= 4 is 42.9 Å². The van der Waals surface area contributed by atoms with Crippen molar-refractivity contribution in [1.29, 1.82) is 0 Å². The van der Waals surface area contributed by atoms with Crippen molar-refractivity contribution in [3.8, 4) is 0 Å². The SMILES string of the molecule is Cc1cccc(N2CCN(CCn3cnc4sc5c(c4c3=O)CCC(S(=O)(=O)c3cccc([N+](=O)[O-])c3)C5)CC2)n1. The zero-order chi connectivity index (χ0) is 28.7. The lowest BCUT2D eigenvalue weighted by atomic mass is 9.97. The van der Waals surface area contributed by atoms with E-state index in [2.05, 4.69) is 19.8 Å². The Morgan fingerprint density at radius 2 is 1.88 bits per heavy atom. The number of nitrogens with zero attached hydrogens (tertiary/aromatic N) is 6. The number of nitro benzene ring substituents is 1. The Bertz CT molecular complexity index is 1790. The van der Waals surface area contributed by atoms with E-state index in [0.717, 1.165) is 60.7 Å². The molecule has 3 aromatic heterocycles. The summed E-state index contributed by atoms with van der Waals surface area (Å²) in [5.41, 5.74) is 1.55. The molecule has 0 radical (unpaired) electrons. The maximum Gasteiger partial charge on any atom is 0.270 e. The van der Waals surface area contributed by atoms with Crippen LogP contribution in [0.3, 0.4) is 0 Å². The summed E-state index contributed by atoms with van der Waals surface area (Å²) in [6.07, 6.45) is 2.65. The van der Waals surface area contributed by atoms with Crippen molar-refractivity contribution in [3.05, 3.63) is 85.4 Å². The number of pyridine rings is 1. The molecule has 1 saturated heterocycles. The van der Waals surface area contributed by atoms with Crippen LogP contribution in [0.4, 0.5) is 11.5 Å². The van der Waals surface area contributed by atoms with Gasteiger partial charge in [0, 0.05) is 62.0 Å². The minimum Gasteiger partial charge on any atom is -0.354 e. The summed E-state index contributed by atoms with van der Waals surface area (Å²) in [4.78, 5) is 39.3. The quantitative estimate of drug-likeness (QED) is 0.234. The summed E-state index contributed by atoms with van der Waals surface area (Å²) < 4.78 is 28.4. The van der Waals surface area contributed by atoms with Gasteiger partial charge in [0.05, 0.1) is 26.8 Å². The third kappa shape index (κ3) is 5.36. The Balaban J connectivity index is 1.15. The van der Waals surface area contributed by atoms with Crippen LogP contribution in [0, 0.1) is 17.0 Å². The van der Waals surface area contributed by atoms with Crippen molar-refractivity contribution in [3.63, 3.8) is 0 Å². The van der Waals surface area contributed by atoms with Gasteiger partial charge >= 0.3 is 0 Å². The summed E-state index contributed by atoms with van der Waals surface area (Å²) in [6.45, 7) is 6.77. The van der Waals surface area contributed by atoms with Gasteiger partial charge in [-0.15, -0.1) is 11.3 Å². The van der Waals surface area contributed by atoms with E-state index in [1.165, 1.54) is 29.5 Å². The predicted octanol–water partition coefficient (Wildman–Crippen LogP) is 3.22. The molecule has 1 atom stereocenters. The Morgan fingerprint density at radius 3 is 2.63 bits per heavy atom. The maximum atomic E-state index is 13.5. The first kappa shape index (κ1) is 27.5. The first-order valence-electron chi connectivity index (χ1n) is 13.6. The van der Waals surface area contributed by atoms with Crippen LogP contribution in [0.25, 0.3) is 10.2 Å². The minimum atomic E-state index is -3.78. The molecule has 6 rings (SSSR count). The third-order valence-corrected chi connectivity index (χ3v) is 11.4. The van der Waals surface area contributed by atoms with Gasteiger partial charge < -0.3 is 4.90 Å². The summed E-state index contributed by atoms with van der Waals surface area (Å²) in [5, 5.41) is 11.0. The average Bonchev–Trinajstić information content (AvgIpc) is 3.36. The number of piperazine rings is 1. The van der Waals surface area contributed by atoms with Gasteiger partial charge in [-0.2, -0.15) is 0 Å². The first-order valence-corrected chi connectivity index (χ1v) is 16.0. The van der Waals surface area contributed by atoms with E-state index < -0.39 is 20.0 Å². The summed E-state index contributed by atoms with van der Waals surface area (Å²) in [5.74, 6) is 0.998. The van der Waals surface area contributed by atoms with E-state index in [4.69, 9.17) is 0 Å². The first-order chi connectivity index (χ1) is 19.7. The molecule has 1 aliphatic heterocycles. The molecule has 0 amide bonds. The largest absolute Gasteiger partial charge is 0.354 e. The second-order valence-corrected chi connectivity index (χ2v) is 13.9. The molecule has 1 aromatic carbocycles. The topological polar surface area (TPSA) is 132 Å². The standard InChI is InChI=1S/C28H30N6O5S2/c1-19-4-2-7-25(30-19)32-13-10-31(11-14-32)12-15-33-18-29-27-26(28(33)35)23-9-8-22(17-24(23)40-27)41(38,39)21-6-3-5-20(16-21)34(36)37/h2-7,16,18,22H,8-15,17H2,1H3. The second-order valence-electron chi connectivity index (χ2n) is 10.6. The van der Waals surface area contributed by atoms with Gasteiger partial charge in [-0.25, -0.2) is 18.4 Å². The smallest absolute Gasteiger partial charge is 0.270 e. The van der Waals surface area contributed by atoms with Crippen molar-refractivity contribution in [1.82, 2.24) is 19.4 Å². The summed E-state index contributed by atoms with van der Waals surface area (Å²) in [6, 6.07) is 11.3. The third-order valence-electron chi connectivity index (χ3n) is 8.01. The van der Waals surface area contributed by atoms with Crippen molar-refractivity contribution < 1.29 is 13.3 Å². The highest BCUT2D eigenvalue weighted by molar-refractivity contribution is 7.92. The second kappa shape index (κ2) is 11.0. The van der Waals surface area contributed by atoms with E-state index in [1.807, 2.05) is 25.1 Å². The highest BCUT2D eigenvalue weighted by atomic mass is 32.2. The molecule has 1 fully saturated rings. The van der Waals surface area contributed by atoms with E-state index in [9.17, 15) is 23.3 Å². The van der Waals surface area contributed by atoms with Gasteiger partial charge in [0.15, 0.2) is 9.84 Å². The number of nitro groups is 1. The lowest BCUT2D eigenvalue weighted by Crippen LogP contribution is -2.47. The van der Waals surface area contributed by atoms with Crippen LogP contribution in [0.15, 0.2) is 58.5 Å². The van der Waals surface area contributed by atoms with Crippen molar-refractivity contribution in [2.75, 3.05) is 37.6 Å². The zero-order valence-corrected chi connectivity index (χ0v) is 24.2. The fourth-order valence-electron chi connectivity index (χ4n) is 5.72. The minimum absolute atomic E-state index is 0.0438. The summed E-state index contributed by atoms with van der Waals surface area (Å²) >= 11 is 1.37. The van der Waals surface area contributed by atoms with Crippen LogP contribution in [0.2, 0.25) is 0 Å². The molecule has 0 bridgehead atoms. The monoisotopic (exact) mass is 594 g/mol. The molecule has 13 heteroatoms. The number of aryl methyl sites for hydroxylation is 2. The number of sulfone groups is 1. The number of hydrogen-bond acceptors (Lipinski definition) is 10. The molecule has 1 unspecified atom stereocenters. The molecule has 41 heavy (non-hydrogen) atoms. The number of thiophene rings is 1. The maximum absolute atomic E-state index is 13.5. The fraction of sp³-hybridized carbons (Fsp3) is 0.393.